The van der Waals surface area contributed by atoms with Gasteiger partial charge in [-0.05, 0) is 42.8 Å². The number of halogens is 1. The van der Waals surface area contributed by atoms with Gasteiger partial charge in [0.1, 0.15) is 17.5 Å². The fraction of sp³-hybridized carbons (Fsp3) is 0.364. The highest BCUT2D eigenvalue weighted by Gasteiger charge is 2.49. The number of nitrogens with zero attached hydrogens (tertiary/aromatic N) is 1. The van der Waals surface area contributed by atoms with E-state index < -0.39 is 24.2 Å². The van der Waals surface area contributed by atoms with Crippen LogP contribution in [0.2, 0.25) is 0 Å². The van der Waals surface area contributed by atoms with E-state index in [4.69, 9.17) is 18.9 Å². The van der Waals surface area contributed by atoms with Gasteiger partial charge in [-0.3, -0.25) is 4.90 Å². The van der Waals surface area contributed by atoms with E-state index in [0.717, 1.165) is 17.3 Å². The molecule has 30 heavy (non-hydrogen) atoms. The number of unbranched alkanes of at least 4 members (excludes halogenated alkanes) is 1. The summed E-state index contributed by atoms with van der Waals surface area (Å²) in [6.07, 6.45) is 0.105. The third kappa shape index (κ3) is 4.53. The molecule has 1 fully saturated rings. The number of ether oxygens (including phenoxy) is 4. The number of carbonyl (C=O) groups is 2. The summed E-state index contributed by atoms with van der Waals surface area (Å²) in [5, 5.41) is 0. The fourth-order valence-electron chi connectivity index (χ4n) is 3.29. The predicted molar refractivity (Wildman–Crippen MR) is 115 cm³/mol. The zero-order valence-corrected chi connectivity index (χ0v) is 18.7. The van der Waals surface area contributed by atoms with Crippen LogP contribution < -0.4 is 14.4 Å². The molecule has 0 unspecified atom stereocenters. The number of methoxy groups -OCH3 is 2. The molecule has 160 valence electrons. The molecule has 1 aliphatic heterocycles. The maximum atomic E-state index is 12.8. The average Bonchev–Trinajstić information content (AvgIpc) is 3.10. The smallest absolute Gasteiger partial charge is 0.415 e. The molecule has 1 amide bonds. The average molecular weight is 478 g/mol. The first-order valence-corrected chi connectivity index (χ1v) is 10.4. The number of hydrogen-bond donors (Lipinski definition) is 0. The molecule has 0 aromatic heterocycles. The van der Waals surface area contributed by atoms with Crippen molar-refractivity contribution in [3.8, 4) is 11.5 Å². The van der Waals surface area contributed by atoms with Crippen LogP contribution in [-0.4, -0.2) is 39.0 Å². The number of rotatable bonds is 8. The standard InChI is InChI=1S/C22H24BrNO6/c1-4-5-12-29-18-13-14(23)6-11-17(18)19-20(21(25)28-3)30-22(26)24(19)15-7-9-16(27-2)10-8-15/h6-11,13,19-20H,4-5,12H2,1-3H3/t19-,20+/m1/s1. The highest BCUT2D eigenvalue weighted by atomic mass is 79.9. The Kier molecular flexibility index (Phi) is 7.20. The molecule has 0 aliphatic carbocycles. The van der Waals surface area contributed by atoms with Gasteiger partial charge in [-0.2, -0.15) is 0 Å². The zero-order chi connectivity index (χ0) is 21.7. The Labute approximate surface area is 184 Å². The Balaban J connectivity index is 2.07. The summed E-state index contributed by atoms with van der Waals surface area (Å²) in [6.45, 7) is 2.60. The molecule has 7 nitrogen and oxygen atoms in total. The lowest BCUT2D eigenvalue weighted by Crippen LogP contribution is -2.33. The van der Waals surface area contributed by atoms with Crippen LogP contribution in [0.25, 0.3) is 0 Å². The van der Waals surface area contributed by atoms with Crippen molar-refractivity contribution >= 4 is 33.7 Å². The van der Waals surface area contributed by atoms with E-state index in [1.807, 2.05) is 18.2 Å². The largest absolute Gasteiger partial charge is 0.497 e. The first-order valence-electron chi connectivity index (χ1n) is 9.64. The molecule has 2 atom stereocenters. The lowest BCUT2D eigenvalue weighted by Gasteiger charge is -2.26. The monoisotopic (exact) mass is 477 g/mol. The van der Waals surface area contributed by atoms with Gasteiger partial charge in [-0.25, -0.2) is 9.59 Å². The molecule has 8 heteroatoms. The Hall–Kier alpha value is -2.74. The lowest BCUT2D eigenvalue weighted by atomic mass is 9.99. The molecule has 0 saturated carbocycles. The van der Waals surface area contributed by atoms with Gasteiger partial charge in [0.2, 0.25) is 6.10 Å². The number of amides is 1. The molecule has 0 radical (unpaired) electrons. The van der Waals surface area contributed by atoms with Gasteiger partial charge < -0.3 is 18.9 Å². The van der Waals surface area contributed by atoms with E-state index in [-0.39, 0.29) is 0 Å². The second kappa shape index (κ2) is 9.84. The molecule has 3 rings (SSSR count). The fourth-order valence-corrected chi connectivity index (χ4v) is 3.63. The molecule has 1 saturated heterocycles. The highest BCUT2D eigenvalue weighted by molar-refractivity contribution is 9.10. The van der Waals surface area contributed by atoms with Gasteiger partial charge in [0.15, 0.2) is 0 Å². The third-order valence-corrected chi connectivity index (χ3v) is 5.32. The molecule has 2 aromatic rings. The van der Waals surface area contributed by atoms with Crippen molar-refractivity contribution in [1.82, 2.24) is 0 Å². The minimum absolute atomic E-state index is 0.521. The summed E-state index contributed by atoms with van der Waals surface area (Å²) >= 11 is 3.46. The summed E-state index contributed by atoms with van der Waals surface area (Å²) in [5.74, 6) is 0.597. The molecule has 0 bridgehead atoms. The summed E-state index contributed by atoms with van der Waals surface area (Å²) in [6, 6.07) is 11.7. The molecule has 0 spiro atoms. The minimum atomic E-state index is -1.13. The Morgan fingerprint density at radius 2 is 1.90 bits per heavy atom. The van der Waals surface area contributed by atoms with E-state index in [2.05, 4.69) is 22.9 Å². The van der Waals surface area contributed by atoms with Gasteiger partial charge >= 0.3 is 12.1 Å². The topological polar surface area (TPSA) is 74.3 Å². The van der Waals surface area contributed by atoms with Crippen molar-refractivity contribution in [2.75, 3.05) is 25.7 Å². The molecule has 2 aromatic carbocycles. The Morgan fingerprint density at radius 3 is 2.53 bits per heavy atom. The first-order chi connectivity index (χ1) is 14.5. The SMILES string of the molecule is CCCCOc1cc(Br)ccc1[C@@H]1[C@@H](C(=O)OC)OC(=O)N1c1ccc(OC)cc1. The summed E-state index contributed by atoms with van der Waals surface area (Å²) in [5.41, 5.74) is 1.23. The molecule has 1 aliphatic rings. The van der Waals surface area contributed by atoms with Crippen molar-refractivity contribution < 1.29 is 28.5 Å². The summed E-state index contributed by atoms with van der Waals surface area (Å²) in [4.78, 5) is 26.7. The maximum absolute atomic E-state index is 12.8. The van der Waals surface area contributed by atoms with Crippen LogP contribution in [0.4, 0.5) is 10.5 Å². The number of esters is 1. The van der Waals surface area contributed by atoms with Crippen LogP contribution in [0.1, 0.15) is 31.4 Å². The zero-order valence-electron chi connectivity index (χ0n) is 17.1. The van der Waals surface area contributed by atoms with Crippen LogP contribution in [0.5, 0.6) is 11.5 Å². The van der Waals surface area contributed by atoms with E-state index in [0.29, 0.717) is 29.4 Å². The van der Waals surface area contributed by atoms with Crippen molar-refractivity contribution in [1.29, 1.82) is 0 Å². The van der Waals surface area contributed by atoms with Crippen LogP contribution in [0.3, 0.4) is 0 Å². The van der Waals surface area contributed by atoms with E-state index in [9.17, 15) is 9.59 Å². The van der Waals surface area contributed by atoms with Gasteiger partial charge in [-0.15, -0.1) is 0 Å². The van der Waals surface area contributed by atoms with Crippen molar-refractivity contribution in [3.63, 3.8) is 0 Å². The van der Waals surface area contributed by atoms with Gasteiger partial charge in [0, 0.05) is 15.7 Å². The van der Waals surface area contributed by atoms with Gasteiger partial charge in [0.25, 0.3) is 0 Å². The van der Waals surface area contributed by atoms with Crippen molar-refractivity contribution in [2.24, 2.45) is 0 Å². The number of cyclic esters (lactones) is 1. The van der Waals surface area contributed by atoms with Gasteiger partial charge in [0.05, 0.1) is 20.8 Å². The number of anilines is 1. The maximum Gasteiger partial charge on any atom is 0.415 e. The summed E-state index contributed by atoms with van der Waals surface area (Å²) in [7, 11) is 2.83. The second-order valence-corrected chi connectivity index (χ2v) is 7.64. The molecular weight excluding hydrogens is 454 g/mol. The van der Waals surface area contributed by atoms with E-state index in [1.54, 1.807) is 31.4 Å². The number of carbonyl (C=O) groups excluding carboxylic acids is 2. The first kappa shape index (κ1) is 22.0. The van der Waals surface area contributed by atoms with E-state index in [1.165, 1.54) is 12.0 Å². The minimum Gasteiger partial charge on any atom is -0.497 e. The normalized spacial score (nSPS) is 18.1. The van der Waals surface area contributed by atoms with Crippen LogP contribution in [0, 0.1) is 0 Å². The van der Waals surface area contributed by atoms with E-state index >= 15 is 0 Å². The predicted octanol–water partition coefficient (Wildman–Crippen LogP) is 4.88. The Morgan fingerprint density at radius 1 is 1.17 bits per heavy atom. The van der Waals surface area contributed by atoms with Crippen molar-refractivity contribution in [2.45, 2.75) is 31.9 Å². The van der Waals surface area contributed by atoms with Crippen LogP contribution in [0.15, 0.2) is 46.9 Å². The summed E-state index contributed by atoms with van der Waals surface area (Å²) < 4.78 is 22.4. The molecule has 1 heterocycles. The quantitative estimate of drug-likeness (QED) is 0.398. The van der Waals surface area contributed by atoms with Crippen molar-refractivity contribution in [3.05, 3.63) is 52.5 Å². The lowest BCUT2D eigenvalue weighted by molar-refractivity contribution is -0.149. The Bertz CT molecular complexity index is 901. The number of hydrogen-bond acceptors (Lipinski definition) is 6. The second-order valence-electron chi connectivity index (χ2n) is 6.72. The number of benzene rings is 2. The molecule has 0 N–H and O–H groups in total. The third-order valence-electron chi connectivity index (χ3n) is 4.82. The van der Waals surface area contributed by atoms with Gasteiger partial charge in [-0.1, -0.05) is 35.3 Å². The van der Waals surface area contributed by atoms with Crippen LogP contribution in [-0.2, 0) is 14.3 Å². The highest BCUT2D eigenvalue weighted by Crippen LogP contribution is 2.42. The van der Waals surface area contributed by atoms with Crippen LogP contribution >= 0.6 is 15.9 Å². The molecular formula is C22H24BrNO6.